The van der Waals surface area contributed by atoms with E-state index in [1.807, 2.05) is 20.8 Å². The van der Waals surface area contributed by atoms with Gasteiger partial charge in [0.15, 0.2) is 5.69 Å². The molecule has 0 aliphatic heterocycles. The maximum Gasteiger partial charge on any atom is 0.360 e. The average molecular weight is 296 g/mol. The number of nitrogens with one attached hydrogen (secondary N) is 1. The minimum Gasteiger partial charge on any atom is -0.461 e. The number of nitrogen functional groups attached to an aromatic ring is 1. The van der Waals surface area contributed by atoms with Gasteiger partial charge in [0, 0.05) is 12.5 Å². The second kappa shape index (κ2) is 7.10. The lowest BCUT2D eigenvalue weighted by atomic mass is 10.2. The van der Waals surface area contributed by atoms with E-state index in [9.17, 15) is 9.59 Å². The Balaban J connectivity index is 3.17. The smallest absolute Gasteiger partial charge is 0.360 e. The molecule has 7 heteroatoms. The van der Waals surface area contributed by atoms with Crippen LogP contribution in [-0.2, 0) is 16.0 Å². The van der Waals surface area contributed by atoms with Crippen molar-refractivity contribution in [1.29, 1.82) is 0 Å². The number of carbonyl (C=O) groups excluding carboxylic acids is 2. The largest absolute Gasteiger partial charge is 0.461 e. The highest BCUT2D eigenvalue weighted by Crippen LogP contribution is 2.22. The van der Waals surface area contributed by atoms with Crippen molar-refractivity contribution in [3.8, 4) is 0 Å². The normalized spacial score (nSPS) is 12.3. The molecule has 7 nitrogen and oxygen atoms in total. The molecule has 3 N–H and O–H groups in total. The fraction of sp³-hybridized carbons (Fsp3) is 0.643. The zero-order chi connectivity index (χ0) is 16.2. The van der Waals surface area contributed by atoms with E-state index in [-0.39, 0.29) is 30.1 Å². The number of hydrogen-bond donors (Lipinski definition) is 2. The second-order valence-electron chi connectivity index (χ2n) is 5.05. The first-order valence-electron chi connectivity index (χ1n) is 7.17. The van der Waals surface area contributed by atoms with Gasteiger partial charge >= 0.3 is 5.97 Å². The molecule has 1 aromatic heterocycles. The summed E-state index contributed by atoms with van der Waals surface area (Å²) in [6, 6.07) is -0.516. The van der Waals surface area contributed by atoms with Crippen LogP contribution in [0.25, 0.3) is 0 Å². The van der Waals surface area contributed by atoms with Crippen molar-refractivity contribution in [3.63, 3.8) is 0 Å². The predicted octanol–water partition coefficient (Wildman–Crippen LogP) is 1.29. The van der Waals surface area contributed by atoms with Crippen LogP contribution in [-0.4, -0.2) is 34.1 Å². The minimum atomic E-state index is -0.570. The van der Waals surface area contributed by atoms with E-state index in [0.717, 1.165) is 0 Å². The number of ether oxygens (including phenoxy) is 1. The lowest BCUT2D eigenvalue weighted by Gasteiger charge is -2.19. The van der Waals surface area contributed by atoms with Gasteiger partial charge in [0.1, 0.15) is 17.7 Å². The number of aromatic nitrogens is 2. The number of hydrogen-bond acceptors (Lipinski definition) is 5. The lowest BCUT2D eigenvalue weighted by Crippen LogP contribution is -2.36. The summed E-state index contributed by atoms with van der Waals surface area (Å²) in [4.78, 5) is 28.2. The Morgan fingerprint density at radius 2 is 1.95 bits per heavy atom. The molecule has 0 bridgehead atoms. The van der Waals surface area contributed by atoms with E-state index in [1.54, 1.807) is 18.4 Å². The predicted molar refractivity (Wildman–Crippen MR) is 80.0 cm³/mol. The van der Waals surface area contributed by atoms with Gasteiger partial charge in [0.2, 0.25) is 5.91 Å². The van der Waals surface area contributed by atoms with E-state index < -0.39 is 12.0 Å². The Labute approximate surface area is 124 Å². The van der Waals surface area contributed by atoms with Crippen molar-refractivity contribution in [3.05, 3.63) is 11.5 Å². The van der Waals surface area contributed by atoms with E-state index in [4.69, 9.17) is 10.5 Å². The molecule has 0 spiro atoms. The third-order valence-corrected chi connectivity index (χ3v) is 3.00. The summed E-state index contributed by atoms with van der Waals surface area (Å²) in [6.45, 7) is 9.34. The minimum absolute atomic E-state index is 0.0271. The zero-order valence-electron chi connectivity index (χ0n) is 13.3. The SMILES string of the molecule is CCOC(=O)c1nc(CC)n(C(C)C(=O)NC(C)C)c1N. The molecule has 0 aromatic carbocycles. The van der Waals surface area contributed by atoms with Crippen LogP contribution in [0.15, 0.2) is 0 Å². The van der Waals surface area contributed by atoms with Gasteiger partial charge in [-0.25, -0.2) is 9.78 Å². The highest BCUT2D eigenvalue weighted by atomic mass is 16.5. The summed E-state index contributed by atoms with van der Waals surface area (Å²) in [5, 5.41) is 2.82. The third kappa shape index (κ3) is 3.74. The molecule has 0 saturated heterocycles. The van der Waals surface area contributed by atoms with Crippen molar-refractivity contribution >= 4 is 17.7 Å². The van der Waals surface area contributed by atoms with Gasteiger partial charge in [-0.1, -0.05) is 6.92 Å². The number of nitrogens with zero attached hydrogens (tertiary/aromatic N) is 2. The van der Waals surface area contributed by atoms with E-state index >= 15 is 0 Å². The summed E-state index contributed by atoms with van der Waals surface area (Å²) in [5.74, 6) is 0.0118. The van der Waals surface area contributed by atoms with Gasteiger partial charge in [-0.2, -0.15) is 0 Å². The average Bonchev–Trinajstić information content (AvgIpc) is 2.74. The van der Waals surface area contributed by atoms with E-state index in [2.05, 4.69) is 10.3 Å². The number of carbonyl (C=O) groups is 2. The van der Waals surface area contributed by atoms with Crippen LogP contribution in [0.2, 0.25) is 0 Å². The van der Waals surface area contributed by atoms with Crippen molar-refractivity contribution < 1.29 is 14.3 Å². The highest BCUT2D eigenvalue weighted by Gasteiger charge is 2.26. The molecule has 1 amide bonds. The number of nitrogens with two attached hydrogens (primary N) is 1. The van der Waals surface area contributed by atoms with Crippen LogP contribution in [0.1, 0.15) is 57.0 Å². The van der Waals surface area contributed by atoms with Crippen molar-refractivity contribution in [2.75, 3.05) is 12.3 Å². The molecule has 118 valence electrons. The summed E-state index contributed by atoms with van der Waals surface area (Å²) < 4.78 is 6.52. The Hall–Kier alpha value is -2.05. The van der Waals surface area contributed by atoms with Crippen molar-refractivity contribution in [2.24, 2.45) is 0 Å². The van der Waals surface area contributed by atoms with E-state index in [1.165, 1.54) is 0 Å². The quantitative estimate of drug-likeness (QED) is 0.771. The standard InChI is InChI=1S/C14H24N4O3/c1-6-10-17-11(14(20)21-7-2)12(15)18(10)9(5)13(19)16-8(3)4/h8-9H,6-7,15H2,1-5H3,(H,16,19). The lowest BCUT2D eigenvalue weighted by molar-refractivity contribution is -0.124. The molecule has 0 fully saturated rings. The Kier molecular flexibility index (Phi) is 5.75. The van der Waals surface area contributed by atoms with Crippen LogP contribution in [0, 0.1) is 0 Å². The van der Waals surface area contributed by atoms with Crippen LogP contribution in [0.4, 0.5) is 5.82 Å². The van der Waals surface area contributed by atoms with Gasteiger partial charge in [-0.05, 0) is 27.7 Å². The maximum atomic E-state index is 12.1. The molecule has 1 heterocycles. The fourth-order valence-corrected chi connectivity index (χ4v) is 2.05. The third-order valence-electron chi connectivity index (χ3n) is 3.00. The van der Waals surface area contributed by atoms with Crippen LogP contribution in [0.5, 0.6) is 0 Å². The first-order chi connectivity index (χ1) is 9.83. The summed E-state index contributed by atoms with van der Waals surface area (Å²) in [5.41, 5.74) is 6.07. The molecule has 1 atom stereocenters. The first kappa shape index (κ1) is 17.0. The topological polar surface area (TPSA) is 99.2 Å². The van der Waals surface area contributed by atoms with Crippen LogP contribution in [0.3, 0.4) is 0 Å². The first-order valence-corrected chi connectivity index (χ1v) is 7.17. The number of anilines is 1. The maximum absolute atomic E-state index is 12.1. The van der Waals surface area contributed by atoms with Gasteiger partial charge in [0.25, 0.3) is 0 Å². The van der Waals surface area contributed by atoms with Gasteiger partial charge in [-0.15, -0.1) is 0 Å². The molecule has 21 heavy (non-hydrogen) atoms. The fourth-order valence-electron chi connectivity index (χ4n) is 2.05. The van der Waals surface area contributed by atoms with E-state index in [0.29, 0.717) is 12.2 Å². The van der Waals surface area contributed by atoms with Gasteiger partial charge in [0.05, 0.1) is 6.61 Å². The monoisotopic (exact) mass is 296 g/mol. The number of aryl methyl sites for hydroxylation is 1. The molecular weight excluding hydrogens is 272 g/mol. The Morgan fingerprint density at radius 3 is 2.43 bits per heavy atom. The molecule has 1 rings (SSSR count). The van der Waals surface area contributed by atoms with Crippen LogP contribution < -0.4 is 11.1 Å². The molecule has 0 aliphatic rings. The molecule has 0 aliphatic carbocycles. The number of esters is 1. The summed E-state index contributed by atoms with van der Waals surface area (Å²) in [7, 11) is 0. The zero-order valence-corrected chi connectivity index (χ0v) is 13.3. The number of amides is 1. The Bertz CT molecular complexity index is 523. The molecule has 1 aromatic rings. The van der Waals surface area contributed by atoms with Gasteiger partial charge in [-0.3, -0.25) is 4.79 Å². The number of imidazole rings is 1. The van der Waals surface area contributed by atoms with Crippen molar-refractivity contribution in [1.82, 2.24) is 14.9 Å². The molecule has 1 unspecified atom stereocenters. The van der Waals surface area contributed by atoms with Crippen molar-refractivity contribution in [2.45, 2.75) is 53.1 Å². The number of rotatable bonds is 6. The van der Waals surface area contributed by atoms with Crippen LogP contribution >= 0.6 is 0 Å². The molecule has 0 radical (unpaired) electrons. The molecule has 0 saturated carbocycles. The summed E-state index contributed by atoms with van der Waals surface area (Å²) >= 11 is 0. The van der Waals surface area contributed by atoms with Gasteiger partial charge < -0.3 is 20.4 Å². The second-order valence-corrected chi connectivity index (χ2v) is 5.05. The molecular formula is C14H24N4O3. The highest BCUT2D eigenvalue weighted by molar-refractivity contribution is 5.93. The Morgan fingerprint density at radius 1 is 1.33 bits per heavy atom. The summed E-state index contributed by atoms with van der Waals surface area (Å²) in [6.07, 6.45) is 0.558.